The minimum Gasteiger partial charge on any atom is -0.404 e. The van der Waals surface area contributed by atoms with Crippen molar-refractivity contribution in [2.24, 2.45) is 0 Å². The molecule has 5 nitrogen and oxygen atoms in total. The summed E-state index contributed by atoms with van der Waals surface area (Å²) < 4.78 is 65.0. The number of ether oxygens (including phenoxy) is 1. The maximum absolute atomic E-state index is 12.2. The minimum absolute atomic E-state index is 0.233. The van der Waals surface area contributed by atoms with Gasteiger partial charge in [0.2, 0.25) is 10.0 Å². The number of rotatable bonds is 5. The van der Waals surface area contributed by atoms with Gasteiger partial charge in [-0.3, -0.25) is 0 Å². The summed E-state index contributed by atoms with van der Waals surface area (Å²) in [6, 6.07) is 4.42. The fourth-order valence-corrected chi connectivity index (χ4v) is 2.57. The Labute approximate surface area is 108 Å². The number of hydrogen-bond acceptors (Lipinski definition) is 4. The van der Waals surface area contributed by atoms with Crippen molar-refractivity contribution >= 4 is 10.0 Å². The quantitative estimate of drug-likeness (QED) is 0.887. The molecule has 1 aromatic carbocycles. The molecule has 0 aliphatic rings. The SMILES string of the molecule is CN(CCO)S(=O)(=O)c1ccccc1OC(F)(F)F. The van der Waals surface area contributed by atoms with Crippen molar-refractivity contribution in [1.29, 1.82) is 0 Å². The van der Waals surface area contributed by atoms with Crippen molar-refractivity contribution in [3.8, 4) is 5.75 Å². The average molecular weight is 299 g/mol. The number of nitrogens with zero attached hydrogens (tertiary/aromatic N) is 1. The molecule has 0 bridgehead atoms. The molecule has 0 atom stereocenters. The number of likely N-dealkylation sites (N-methyl/N-ethyl adjacent to an activating group) is 1. The van der Waals surface area contributed by atoms with Crippen LogP contribution in [-0.2, 0) is 10.0 Å². The van der Waals surface area contributed by atoms with Gasteiger partial charge in [0.05, 0.1) is 6.61 Å². The number of benzene rings is 1. The summed E-state index contributed by atoms with van der Waals surface area (Å²) in [4.78, 5) is -0.608. The highest BCUT2D eigenvalue weighted by Crippen LogP contribution is 2.30. The van der Waals surface area contributed by atoms with E-state index in [0.29, 0.717) is 0 Å². The van der Waals surface area contributed by atoms with Gasteiger partial charge in [-0.25, -0.2) is 8.42 Å². The van der Waals surface area contributed by atoms with Gasteiger partial charge in [0, 0.05) is 13.6 Å². The van der Waals surface area contributed by atoms with Crippen LogP contribution in [-0.4, -0.2) is 44.4 Å². The molecule has 108 valence electrons. The van der Waals surface area contributed by atoms with E-state index in [1.54, 1.807) is 0 Å². The lowest BCUT2D eigenvalue weighted by Gasteiger charge is -2.18. The first-order valence-corrected chi connectivity index (χ1v) is 6.54. The minimum atomic E-state index is -4.98. The number of alkyl halides is 3. The molecule has 19 heavy (non-hydrogen) atoms. The Kier molecular flexibility index (Phi) is 4.77. The molecule has 0 unspecified atom stereocenters. The van der Waals surface area contributed by atoms with E-state index in [0.717, 1.165) is 23.5 Å². The number of hydrogen-bond donors (Lipinski definition) is 1. The predicted molar refractivity (Wildman–Crippen MR) is 60.0 cm³/mol. The van der Waals surface area contributed by atoms with Crippen LogP contribution in [0.2, 0.25) is 0 Å². The molecule has 0 aromatic heterocycles. The lowest BCUT2D eigenvalue weighted by Crippen LogP contribution is -2.30. The smallest absolute Gasteiger partial charge is 0.404 e. The van der Waals surface area contributed by atoms with Crippen molar-refractivity contribution in [2.75, 3.05) is 20.2 Å². The summed E-state index contributed by atoms with van der Waals surface area (Å²) >= 11 is 0. The second-order valence-electron chi connectivity index (χ2n) is 3.54. The number of para-hydroxylation sites is 1. The summed E-state index contributed by atoms with van der Waals surface area (Å²) in [5, 5.41) is 8.69. The lowest BCUT2D eigenvalue weighted by atomic mass is 10.3. The molecule has 9 heteroatoms. The van der Waals surface area contributed by atoms with Crippen LogP contribution in [0.3, 0.4) is 0 Å². The van der Waals surface area contributed by atoms with Gasteiger partial charge in [0.1, 0.15) is 10.6 Å². The Morgan fingerprint density at radius 3 is 2.42 bits per heavy atom. The van der Waals surface area contributed by atoms with Crippen LogP contribution >= 0.6 is 0 Å². The molecule has 0 aliphatic carbocycles. The van der Waals surface area contributed by atoms with Gasteiger partial charge >= 0.3 is 6.36 Å². The zero-order chi connectivity index (χ0) is 14.7. The van der Waals surface area contributed by atoms with Crippen molar-refractivity contribution in [3.05, 3.63) is 24.3 Å². The van der Waals surface area contributed by atoms with Crippen molar-refractivity contribution in [3.63, 3.8) is 0 Å². The molecular formula is C10H12F3NO4S. The van der Waals surface area contributed by atoms with Crippen LogP contribution < -0.4 is 4.74 Å². The molecule has 0 radical (unpaired) electrons. The van der Waals surface area contributed by atoms with Gasteiger partial charge in [-0.15, -0.1) is 13.2 Å². The molecule has 1 rings (SSSR count). The van der Waals surface area contributed by atoms with E-state index in [4.69, 9.17) is 5.11 Å². The van der Waals surface area contributed by atoms with Gasteiger partial charge in [-0.05, 0) is 12.1 Å². The molecule has 1 N–H and O–H groups in total. The van der Waals surface area contributed by atoms with E-state index in [1.165, 1.54) is 12.1 Å². The van der Waals surface area contributed by atoms with E-state index < -0.39 is 33.6 Å². The van der Waals surface area contributed by atoms with Gasteiger partial charge < -0.3 is 9.84 Å². The third-order valence-electron chi connectivity index (χ3n) is 2.18. The first-order chi connectivity index (χ1) is 8.68. The third-order valence-corrected chi connectivity index (χ3v) is 4.07. The fraction of sp³-hybridized carbons (Fsp3) is 0.400. The first-order valence-electron chi connectivity index (χ1n) is 5.10. The highest BCUT2D eigenvalue weighted by Gasteiger charge is 2.34. The zero-order valence-corrected chi connectivity index (χ0v) is 10.7. The molecule has 1 aromatic rings. The molecule has 0 amide bonds. The Morgan fingerprint density at radius 2 is 1.89 bits per heavy atom. The Hall–Kier alpha value is -1.32. The van der Waals surface area contributed by atoms with E-state index in [-0.39, 0.29) is 6.54 Å². The van der Waals surface area contributed by atoms with Crippen LogP contribution in [0.5, 0.6) is 5.75 Å². The fourth-order valence-electron chi connectivity index (χ4n) is 1.30. The summed E-state index contributed by atoms with van der Waals surface area (Å²) in [5.41, 5.74) is 0. The van der Waals surface area contributed by atoms with Crippen LogP contribution in [0, 0.1) is 0 Å². The van der Waals surface area contributed by atoms with Gasteiger partial charge in [-0.1, -0.05) is 12.1 Å². The van der Waals surface area contributed by atoms with Gasteiger partial charge in [0.15, 0.2) is 0 Å². The maximum atomic E-state index is 12.2. The molecule has 0 heterocycles. The third kappa shape index (κ3) is 4.08. The number of aliphatic hydroxyl groups is 1. The van der Waals surface area contributed by atoms with E-state index >= 15 is 0 Å². The summed E-state index contributed by atoms with van der Waals surface area (Å²) in [5.74, 6) is -0.806. The summed E-state index contributed by atoms with van der Waals surface area (Å²) in [6.07, 6.45) is -4.98. The topological polar surface area (TPSA) is 66.8 Å². The summed E-state index contributed by atoms with van der Waals surface area (Å²) in [6.45, 7) is -0.680. The van der Waals surface area contributed by atoms with Crippen molar-refractivity contribution in [2.45, 2.75) is 11.3 Å². The van der Waals surface area contributed by atoms with Crippen LogP contribution in [0.4, 0.5) is 13.2 Å². The van der Waals surface area contributed by atoms with Crippen LogP contribution in [0.15, 0.2) is 29.2 Å². The Morgan fingerprint density at radius 1 is 1.32 bits per heavy atom. The number of halogens is 3. The maximum Gasteiger partial charge on any atom is 0.573 e. The molecule has 0 fully saturated rings. The molecular weight excluding hydrogens is 287 g/mol. The highest BCUT2D eigenvalue weighted by molar-refractivity contribution is 7.89. The zero-order valence-electron chi connectivity index (χ0n) is 9.88. The first kappa shape index (κ1) is 15.7. The molecule has 0 aliphatic heterocycles. The van der Waals surface area contributed by atoms with E-state index in [1.807, 2.05) is 0 Å². The van der Waals surface area contributed by atoms with Gasteiger partial charge in [-0.2, -0.15) is 4.31 Å². The molecule has 0 spiro atoms. The normalized spacial score (nSPS) is 12.7. The standard InChI is InChI=1S/C10H12F3NO4S/c1-14(6-7-15)19(16,17)9-5-3-2-4-8(9)18-10(11,12)13/h2-5,15H,6-7H2,1H3. The summed E-state index contributed by atoms with van der Waals surface area (Å²) in [7, 11) is -3.01. The van der Waals surface area contributed by atoms with E-state index in [9.17, 15) is 21.6 Å². The highest BCUT2D eigenvalue weighted by atomic mass is 32.2. The van der Waals surface area contributed by atoms with Gasteiger partial charge in [0.25, 0.3) is 0 Å². The Bertz CT molecular complexity index is 530. The van der Waals surface area contributed by atoms with Crippen LogP contribution in [0.25, 0.3) is 0 Å². The largest absolute Gasteiger partial charge is 0.573 e. The second kappa shape index (κ2) is 5.76. The second-order valence-corrected chi connectivity index (χ2v) is 5.56. The number of sulfonamides is 1. The predicted octanol–water partition coefficient (Wildman–Crippen LogP) is 1.20. The molecule has 0 saturated carbocycles. The van der Waals surface area contributed by atoms with Crippen LogP contribution in [0.1, 0.15) is 0 Å². The van der Waals surface area contributed by atoms with E-state index in [2.05, 4.69) is 4.74 Å². The van der Waals surface area contributed by atoms with Crippen molar-refractivity contribution in [1.82, 2.24) is 4.31 Å². The van der Waals surface area contributed by atoms with Crippen molar-refractivity contribution < 1.29 is 31.4 Å². The number of aliphatic hydroxyl groups excluding tert-OH is 1. The monoisotopic (exact) mass is 299 g/mol. The Balaban J connectivity index is 3.20. The molecule has 0 saturated heterocycles. The lowest BCUT2D eigenvalue weighted by molar-refractivity contribution is -0.275. The average Bonchev–Trinajstić information content (AvgIpc) is 2.27.